The maximum Gasteiger partial charge on any atom is 0.152 e. The number of nitrogens with zero attached hydrogens (tertiary/aromatic N) is 1. The van der Waals surface area contributed by atoms with Gasteiger partial charge in [-0.05, 0) is 38.3 Å². The van der Waals surface area contributed by atoms with Crippen LogP contribution >= 0.6 is 34.5 Å². The predicted molar refractivity (Wildman–Crippen MR) is 128 cm³/mol. The fraction of sp³-hybridized carbons (Fsp3) is 0.333. The molecule has 1 aromatic heterocycles. The number of thiophene rings is 1. The summed E-state index contributed by atoms with van der Waals surface area (Å²) < 4.78 is 13.9. The van der Waals surface area contributed by atoms with E-state index in [1.54, 1.807) is 0 Å². The highest BCUT2D eigenvalue weighted by Crippen LogP contribution is 2.47. The van der Waals surface area contributed by atoms with Gasteiger partial charge in [0, 0.05) is 41.4 Å². The van der Waals surface area contributed by atoms with Gasteiger partial charge in [0.1, 0.15) is 10.1 Å². The van der Waals surface area contributed by atoms with Crippen LogP contribution in [0.25, 0.3) is 16.8 Å². The lowest BCUT2D eigenvalue weighted by molar-refractivity contribution is -0.00516. The summed E-state index contributed by atoms with van der Waals surface area (Å²) in [5.74, 6) is 0.860. The minimum absolute atomic E-state index is 0.182. The van der Waals surface area contributed by atoms with Gasteiger partial charge in [-0.25, -0.2) is 0 Å². The summed E-state index contributed by atoms with van der Waals surface area (Å²) in [5, 5.41) is 2.41. The van der Waals surface area contributed by atoms with Gasteiger partial charge in [0.25, 0.3) is 0 Å². The Labute approximate surface area is 190 Å². The molecule has 3 nitrogen and oxygen atoms in total. The SMILES string of the molecule is CC1CN(c2cc3c(c4ccccc24)C=CC(C)(c2cc(Cl)sc2Cl)O3)CC(C)O1. The Hall–Kier alpha value is -1.72. The summed E-state index contributed by atoms with van der Waals surface area (Å²) in [6, 6.07) is 12.6. The molecule has 3 atom stereocenters. The minimum atomic E-state index is -0.668. The van der Waals surface area contributed by atoms with Crippen molar-refractivity contribution < 1.29 is 9.47 Å². The third-order valence-electron chi connectivity index (χ3n) is 5.87. The van der Waals surface area contributed by atoms with E-state index in [2.05, 4.69) is 61.2 Å². The van der Waals surface area contributed by atoms with Crippen LogP contribution in [0, 0.1) is 0 Å². The largest absolute Gasteiger partial charge is 0.478 e. The van der Waals surface area contributed by atoms with Gasteiger partial charge in [0.05, 0.1) is 16.5 Å². The summed E-state index contributed by atoms with van der Waals surface area (Å²) >= 11 is 14.1. The first kappa shape index (κ1) is 20.2. The molecule has 0 N–H and O–H groups in total. The van der Waals surface area contributed by atoms with Crippen molar-refractivity contribution in [3.8, 4) is 5.75 Å². The van der Waals surface area contributed by atoms with Crippen LogP contribution in [-0.4, -0.2) is 25.3 Å². The van der Waals surface area contributed by atoms with Gasteiger partial charge in [-0.15, -0.1) is 11.3 Å². The zero-order chi connectivity index (χ0) is 21.0. The van der Waals surface area contributed by atoms with Crippen LogP contribution in [0.4, 0.5) is 5.69 Å². The number of rotatable bonds is 2. The summed E-state index contributed by atoms with van der Waals surface area (Å²) in [4.78, 5) is 2.41. The Morgan fingerprint density at radius 1 is 1.07 bits per heavy atom. The molecule has 0 amide bonds. The van der Waals surface area contributed by atoms with Crippen LogP contribution in [0.1, 0.15) is 31.9 Å². The lowest BCUT2D eigenvalue weighted by Gasteiger charge is -2.38. The fourth-order valence-corrected chi connectivity index (χ4v) is 6.24. The number of ether oxygens (including phenoxy) is 2. The molecule has 30 heavy (non-hydrogen) atoms. The highest BCUT2D eigenvalue weighted by molar-refractivity contribution is 7.20. The predicted octanol–water partition coefficient (Wildman–Crippen LogP) is 7.14. The number of hydrogen-bond donors (Lipinski definition) is 0. The Morgan fingerprint density at radius 2 is 1.77 bits per heavy atom. The molecular weight excluding hydrogens is 437 g/mol. The van der Waals surface area contributed by atoms with E-state index in [0.29, 0.717) is 8.67 Å². The lowest BCUT2D eigenvalue weighted by atomic mass is 9.91. The Morgan fingerprint density at radius 3 is 2.43 bits per heavy atom. The molecule has 156 valence electrons. The average Bonchev–Trinajstić information content (AvgIpc) is 3.05. The van der Waals surface area contributed by atoms with Crippen LogP contribution in [0.2, 0.25) is 8.67 Å². The molecule has 5 rings (SSSR count). The number of halogens is 2. The molecule has 1 fully saturated rings. The molecular formula is C24H23Cl2NO2S. The van der Waals surface area contributed by atoms with Crippen molar-refractivity contribution in [3.05, 3.63) is 62.3 Å². The summed E-state index contributed by atoms with van der Waals surface area (Å²) in [5.41, 5.74) is 2.50. The number of fused-ring (bicyclic) bond motifs is 3. The van der Waals surface area contributed by atoms with Crippen molar-refractivity contribution >= 4 is 57.1 Å². The number of hydrogen-bond acceptors (Lipinski definition) is 4. The highest BCUT2D eigenvalue weighted by Gasteiger charge is 2.34. The standard InChI is InChI=1S/C24H23Cl2NO2S/c1-14-12-27(13-15(2)28-14)20-11-21-18(16-6-4-5-7-17(16)20)8-9-24(3,29-21)19-10-22(25)30-23(19)26/h4-11,14-15H,12-13H2,1-3H3. The van der Waals surface area contributed by atoms with Crippen LogP contribution < -0.4 is 9.64 Å². The molecule has 0 aliphatic carbocycles. The van der Waals surface area contributed by atoms with E-state index in [-0.39, 0.29) is 12.2 Å². The smallest absolute Gasteiger partial charge is 0.152 e. The van der Waals surface area contributed by atoms with E-state index in [4.69, 9.17) is 32.7 Å². The van der Waals surface area contributed by atoms with E-state index in [1.807, 2.05) is 13.0 Å². The van der Waals surface area contributed by atoms with Gasteiger partial charge in [-0.2, -0.15) is 0 Å². The monoisotopic (exact) mass is 459 g/mol. The first-order valence-electron chi connectivity index (χ1n) is 10.1. The second kappa shape index (κ2) is 7.45. The lowest BCUT2D eigenvalue weighted by Crippen LogP contribution is -2.45. The summed E-state index contributed by atoms with van der Waals surface area (Å²) in [7, 11) is 0. The third-order valence-corrected chi connectivity index (χ3v) is 7.36. The van der Waals surface area contributed by atoms with Gasteiger partial charge >= 0.3 is 0 Å². The molecule has 1 saturated heterocycles. The fourth-order valence-electron chi connectivity index (χ4n) is 4.57. The Bertz CT molecular complexity index is 1150. The van der Waals surface area contributed by atoms with Crippen molar-refractivity contribution in [1.82, 2.24) is 0 Å². The van der Waals surface area contributed by atoms with Crippen molar-refractivity contribution in [3.63, 3.8) is 0 Å². The molecule has 0 bridgehead atoms. The molecule has 2 aromatic carbocycles. The van der Waals surface area contributed by atoms with Crippen LogP contribution in [0.3, 0.4) is 0 Å². The van der Waals surface area contributed by atoms with Crippen molar-refractivity contribution in [1.29, 1.82) is 0 Å². The second-order valence-electron chi connectivity index (χ2n) is 8.30. The molecule has 0 spiro atoms. The van der Waals surface area contributed by atoms with Gasteiger partial charge in [0.15, 0.2) is 5.60 Å². The second-order valence-corrected chi connectivity index (χ2v) is 10.6. The number of benzene rings is 2. The van der Waals surface area contributed by atoms with E-state index in [9.17, 15) is 0 Å². The maximum atomic E-state index is 6.61. The Kier molecular flexibility index (Phi) is 5.02. The van der Waals surface area contributed by atoms with Gasteiger partial charge < -0.3 is 14.4 Å². The van der Waals surface area contributed by atoms with E-state index in [1.165, 1.54) is 27.8 Å². The van der Waals surface area contributed by atoms with Crippen LogP contribution in [-0.2, 0) is 10.3 Å². The first-order valence-corrected chi connectivity index (χ1v) is 11.7. The summed E-state index contributed by atoms with van der Waals surface area (Å²) in [6.45, 7) is 7.99. The molecule has 2 aliphatic heterocycles. The van der Waals surface area contributed by atoms with Gasteiger partial charge in [-0.3, -0.25) is 0 Å². The topological polar surface area (TPSA) is 21.7 Å². The zero-order valence-electron chi connectivity index (χ0n) is 17.1. The van der Waals surface area contributed by atoms with Crippen molar-refractivity contribution in [2.45, 2.75) is 38.6 Å². The molecule has 3 unspecified atom stereocenters. The molecule has 2 aliphatic rings. The maximum absolute atomic E-state index is 6.61. The average molecular weight is 460 g/mol. The number of anilines is 1. The number of morpholine rings is 1. The van der Waals surface area contributed by atoms with Crippen molar-refractivity contribution in [2.75, 3.05) is 18.0 Å². The minimum Gasteiger partial charge on any atom is -0.478 e. The quantitative estimate of drug-likeness (QED) is 0.406. The van der Waals surface area contributed by atoms with E-state index >= 15 is 0 Å². The van der Waals surface area contributed by atoms with E-state index in [0.717, 1.165) is 30.0 Å². The van der Waals surface area contributed by atoms with E-state index < -0.39 is 5.60 Å². The molecule has 6 heteroatoms. The first-order chi connectivity index (χ1) is 14.3. The van der Waals surface area contributed by atoms with Crippen LogP contribution in [0.5, 0.6) is 5.75 Å². The molecule has 3 aromatic rings. The zero-order valence-corrected chi connectivity index (χ0v) is 19.4. The normalized spacial score (nSPS) is 26.0. The van der Waals surface area contributed by atoms with Crippen molar-refractivity contribution in [2.24, 2.45) is 0 Å². The Balaban J connectivity index is 1.65. The van der Waals surface area contributed by atoms with Gasteiger partial charge in [-0.1, -0.05) is 53.5 Å². The summed E-state index contributed by atoms with van der Waals surface area (Å²) in [6.07, 6.45) is 4.59. The highest BCUT2D eigenvalue weighted by atomic mass is 35.5. The van der Waals surface area contributed by atoms with Crippen LogP contribution in [0.15, 0.2) is 42.5 Å². The molecule has 0 radical (unpaired) electrons. The third kappa shape index (κ3) is 3.40. The van der Waals surface area contributed by atoms with Gasteiger partial charge in [0.2, 0.25) is 0 Å². The molecule has 3 heterocycles. The molecule has 0 saturated carbocycles.